The van der Waals surface area contributed by atoms with E-state index >= 15 is 0 Å². The number of aromatic nitrogens is 1. The standard InChI is InChI=1S/C12H11BrN2O2S/c1-7-5-11(18-15-7)14-12(16)9-6-8(17-2)3-4-10(9)13/h3-6H,1-2H3,(H,14,16). The number of carbonyl (C=O) groups excluding carboxylic acids is 1. The smallest absolute Gasteiger partial charge is 0.257 e. The second kappa shape index (κ2) is 5.49. The maximum Gasteiger partial charge on any atom is 0.257 e. The Labute approximate surface area is 117 Å². The Kier molecular flexibility index (Phi) is 3.98. The highest BCUT2D eigenvalue weighted by Crippen LogP contribution is 2.24. The minimum atomic E-state index is -0.190. The fourth-order valence-corrected chi connectivity index (χ4v) is 2.49. The Balaban J connectivity index is 2.23. The van der Waals surface area contributed by atoms with Gasteiger partial charge >= 0.3 is 0 Å². The Morgan fingerprint density at radius 1 is 1.44 bits per heavy atom. The molecule has 1 amide bonds. The van der Waals surface area contributed by atoms with Gasteiger partial charge in [-0.2, -0.15) is 4.37 Å². The molecule has 6 heteroatoms. The number of halogens is 1. The summed E-state index contributed by atoms with van der Waals surface area (Å²) in [6.07, 6.45) is 0. The number of rotatable bonds is 3. The first-order chi connectivity index (χ1) is 8.60. The fraction of sp³-hybridized carbons (Fsp3) is 0.167. The van der Waals surface area contributed by atoms with Crippen molar-refractivity contribution in [2.24, 2.45) is 0 Å². The van der Waals surface area contributed by atoms with Gasteiger partial charge in [0.25, 0.3) is 5.91 Å². The second-order valence-corrected chi connectivity index (χ2v) is 5.29. The van der Waals surface area contributed by atoms with Gasteiger partial charge in [0.05, 0.1) is 18.4 Å². The number of hydrogen-bond acceptors (Lipinski definition) is 4. The van der Waals surface area contributed by atoms with Crippen LogP contribution in [0, 0.1) is 6.92 Å². The van der Waals surface area contributed by atoms with Gasteiger partial charge in [0.2, 0.25) is 0 Å². The van der Waals surface area contributed by atoms with E-state index in [4.69, 9.17) is 4.74 Å². The summed E-state index contributed by atoms with van der Waals surface area (Å²) in [7, 11) is 1.57. The fourth-order valence-electron chi connectivity index (χ4n) is 1.41. The van der Waals surface area contributed by atoms with Crippen LogP contribution in [0.4, 0.5) is 5.00 Å². The number of anilines is 1. The van der Waals surface area contributed by atoms with Gasteiger partial charge in [-0.3, -0.25) is 4.79 Å². The van der Waals surface area contributed by atoms with Crippen LogP contribution in [-0.4, -0.2) is 17.4 Å². The molecule has 2 aromatic rings. The van der Waals surface area contributed by atoms with Gasteiger partial charge in [0.1, 0.15) is 10.8 Å². The summed E-state index contributed by atoms with van der Waals surface area (Å²) in [5.41, 5.74) is 1.42. The summed E-state index contributed by atoms with van der Waals surface area (Å²) < 4.78 is 9.94. The molecule has 0 bridgehead atoms. The van der Waals surface area contributed by atoms with Gasteiger partial charge < -0.3 is 10.1 Å². The van der Waals surface area contributed by atoms with E-state index in [1.807, 2.05) is 13.0 Å². The number of nitrogens with zero attached hydrogens (tertiary/aromatic N) is 1. The second-order valence-electron chi connectivity index (χ2n) is 3.63. The van der Waals surface area contributed by atoms with Gasteiger partial charge in [-0.25, -0.2) is 0 Å². The van der Waals surface area contributed by atoms with Crippen molar-refractivity contribution in [3.63, 3.8) is 0 Å². The minimum absolute atomic E-state index is 0.190. The van der Waals surface area contributed by atoms with E-state index in [1.54, 1.807) is 25.3 Å². The highest BCUT2D eigenvalue weighted by atomic mass is 79.9. The Hall–Kier alpha value is -1.40. The number of aryl methyl sites for hydroxylation is 1. The van der Waals surface area contributed by atoms with Crippen LogP contribution in [0.15, 0.2) is 28.7 Å². The number of carbonyl (C=O) groups is 1. The van der Waals surface area contributed by atoms with Crippen LogP contribution in [0.2, 0.25) is 0 Å². The summed E-state index contributed by atoms with van der Waals surface area (Å²) in [5.74, 6) is 0.452. The average molecular weight is 327 g/mol. The predicted octanol–water partition coefficient (Wildman–Crippen LogP) is 3.47. The maximum absolute atomic E-state index is 12.1. The van der Waals surface area contributed by atoms with Crippen molar-refractivity contribution >= 4 is 38.4 Å². The Bertz CT molecular complexity index is 583. The zero-order chi connectivity index (χ0) is 13.1. The van der Waals surface area contributed by atoms with Gasteiger partial charge in [0.15, 0.2) is 0 Å². The van der Waals surface area contributed by atoms with Gasteiger partial charge in [-0.15, -0.1) is 0 Å². The van der Waals surface area contributed by atoms with Crippen molar-refractivity contribution < 1.29 is 9.53 Å². The normalized spacial score (nSPS) is 10.2. The molecule has 0 aliphatic heterocycles. The summed E-state index contributed by atoms with van der Waals surface area (Å²) in [5, 5.41) is 3.53. The zero-order valence-electron chi connectivity index (χ0n) is 9.86. The van der Waals surface area contributed by atoms with Crippen LogP contribution in [-0.2, 0) is 0 Å². The van der Waals surface area contributed by atoms with Crippen LogP contribution in [0.25, 0.3) is 0 Å². The van der Waals surface area contributed by atoms with E-state index in [-0.39, 0.29) is 5.91 Å². The molecular weight excluding hydrogens is 316 g/mol. The molecule has 0 fully saturated rings. The van der Waals surface area contributed by atoms with Crippen LogP contribution in [0.3, 0.4) is 0 Å². The molecule has 0 saturated heterocycles. The third-order valence-electron chi connectivity index (χ3n) is 2.28. The SMILES string of the molecule is COc1ccc(Br)c(C(=O)Nc2cc(C)ns2)c1. The third-order valence-corrected chi connectivity index (χ3v) is 3.77. The minimum Gasteiger partial charge on any atom is -0.497 e. The van der Waals surface area contributed by atoms with E-state index in [0.29, 0.717) is 11.3 Å². The van der Waals surface area contributed by atoms with Crippen LogP contribution in [0.1, 0.15) is 16.1 Å². The predicted molar refractivity (Wildman–Crippen MR) is 75.5 cm³/mol. The molecule has 0 radical (unpaired) electrons. The Morgan fingerprint density at radius 3 is 2.83 bits per heavy atom. The number of benzene rings is 1. The maximum atomic E-state index is 12.1. The molecule has 0 aliphatic rings. The molecule has 0 aliphatic carbocycles. The van der Waals surface area contributed by atoms with Crippen molar-refractivity contribution in [1.29, 1.82) is 0 Å². The molecule has 18 heavy (non-hydrogen) atoms. The van der Waals surface area contributed by atoms with Crippen molar-refractivity contribution in [3.05, 3.63) is 40.0 Å². The summed E-state index contributed by atoms with van der Waals surface area (Å²) >= 11 is 4.61. The molecule has 0 unspecified atom stereocenters. The molecule has 0 spiro atoms. The first kappa shape index (κ1) is 13.0. The largest absolute Gasteiger partial charge is 0.497 e. The molecule has 1 aromatic heterocycles. The third kappa shape index (κ3) is 2.88. The quantitative estimate of drug-likeness (QED) is 0.939. The van der Waals surface area contributed by atoms with Crippen molar-refractivity contribution in [1.82, 2.24) is 4.37 Å². The first-order valence-electron chi connectivity index (χ1n) is 5.18. The molecular formula is C12H11BrN2O2S. The molecule has 0 saturated carbocycles. The van der Waals surface area contributed by atoms with Crippen molar-refractivity contribution in [2.75, 3.05) is 12.4 Å². The molecule has 94 valence electrons. The number of hydrogen-bond donors (Lipinski definition) is 1. The van der Waals surface area contributed by atoms with Crippen LogP contribution < -0.4 is 10.1 Å². The van der Waals surface area contributed by atoms with E-state index in [0.717, 1.165) is 15.2 Å². The number of methoxy groups -OCH3 is 1. The van der Waals surface area contributed by atoms with E-state index in [9.17, 15) is 4.79 Å². The zero-order valence-corrected chi connectivity index (χ0v) is 12.3. The number of amides is 1. The van der Waals surface area contributed by atoms with Crippen molar-refractivity contribution in [3.8, 4) is 5.75 Å². The molecule has 0 atom stereocenters. The number of nitrogens with one attached hydrogen (secondary N) is 1. The van der Waals surface area contributed by atoms with Gasteiger partial charge in [0, 0.05) is 4.47 Å². The van der Waals surface area contributed by atoms with E-state index in [2.05, 4.69) is 25.6 Å². The van der Waals surface area contributed by atoms with Gasteiger partial charge in [-0.05, 0) is 58.7 Å². The average Bonchev–Trinajstić information content (AvgIpc) is 2.75. The highest BCUT2D eigenvalue weighted by Gasteiger charge is 2.12. The lowest BCUT2D eigenvalue weighted by Gasteiger charge is -2.06. The number of ether oxygens (including phenoxy) is 1. The lowest BCUT2D eigenvalue weighted by molar-refractivity contribution is 0.102. The van der Waals surface area contributed by atoms with Crippen LogP contribution in [0.5, 0.6) is 5.75 Å². The lowest BCUT2D eigenvalue weighted by Crippen LogP contribution is -2.11. The first-order valence-corrected chi connectivity index (χ1v) is 6.75. The van der Waals surface area contributed by atoms with E-state index < -0.39 is 0 Å². The summed E-state index contributed by atoms with van der Waals surface area (Å²) in [6.45, 7) is 1.88. The molecule has 4 nitrogen and oxygen atoms in total. The Morgan fingerprint density at radius 2 is 2.22 bits per heavy atom. The lowest BCUT2D eigenvalue weighted by atomic mass is 10.2. The summed E-state index contributed by atoms with van der Waals surface area (Å²) in [6, 6.07) is 7.09. The summed E-state index contributed by atoms with van der Waals surface area (Å²) in [4.78, 5) is 12.1. The molecule has 2 rings (SSSR count). The molecule has 1 aromatic carbocycles. The van der Waals surface area contributed by atoms with Crippen LogP contribution >= 0.6 is 27.5 Å². The highest BCUT2D eigenvalue weighted by molar-refractivity contribution is 9.10. The molecule has 1 N–H and O–H groups in total. The monoisotopic (exact) mass is 326 g/mol. The van der Waals surface area contributed by atoms with Gasteiger partial charge in [-0.1, -0.05) is 0 Å². The molecule has 1 heterocycles. The topological polar surface area (TPSA) is 51.2 Å². The van der Waals surface area contributed by atoms with Crippen molar-refractivity contribution in [2.45, 2.75) is 6.92 Å². The van der Waals surface area contributed by atoms with E-state index in [1.165, 1.54) is 11.5 Å².